The van der Waals surface area contributed by atoms with Gasteiger partial charge >= 0.3 is 0 Å². The van der Waals surface area contributed by atoms with E-state index in [9.17, 15) is 5.11 Å². The van der Waals surface area contributed by atoms with Crippen LogP contribution in [0.5, 0.6) is 5.75 Å². The third kappa shape index (κ3) is 2.91. The van der Waals surface area contributed by atoms with E-state index in [1.807, 2.05) is 24.3 Å². The molecule has 2 aliphatic rings. The first-order valence-electron chi connectivity index (χ1n) is 9.29. The van der Waals surface area contributed by atoms with Gasteiger partial charge in [-0.1, -0.05) is 35.9 Å². The van der Waals surface area contributed by atoms with E-state index < -0.39 is 0 Å². The first-order valence-corrected chi connectivity index (χ1v) is 9.67. The number of benzene rings is 2. The zero-order chi connectivity index (χ0) is 18.4. The van der Waals surface area contributed by atoms with Crippen molar-refractivity contribution in [3.05, 3.63) is 47.5 Å². The van der Waals surface area contributed by atoms with Crippen LogP contribution >= 0.6 is 11.6 Å². The number of hydrogen-bond acceptors (Lipinski definition) is 5. The lowest BCUT2D eigenvalue weighted by atomic mass is 9.96. The number of ether oxygens (including phenoxy) is 1. The van der Waals surface area contributed by atoms with Crippen molar-refractivity contribution in [1.82, 2.24) is 10.2 Å². The van der Waals surface area contributed by atoms with Crippen LogP contribution in [-0.2, 0) is 4.74 Å². The van der Waals surface area contributed by atoms with Gasteiger partial charge in [-0.3, -0.25) is 0 Å². The van der Waals surface area contributed by atoms with Gasteiger partial charge in [0.05, 0.1) is 13.2 Å². The van der Waals surface area contributed by atoms with Crippen LogP contribution in [0, 0.1) is 11.8 Å². The van der Waals surface area contributed by atoms with Gasteiger partial charge < -0.3 is 15.2 Å². The Morgan fingerprint density at radius 2 is 1.74 bits per heavy atom. The molecule has 2 atom stereocenters. The Morgan fingerprint density at radius 3 is 2.48 bits per heavy atom. The maximum atomic E-state index is 10.3. The molecule has 1 aliphatic heterocycles. The molecule has 2 heterocycles. The minimum absolute atomic E-state index is 0.102. The number of nitrogens with one attached hydrogen (secondary N) is 1. The van der Waals surface area contributed by atoms with Gasteiger partial charge in [0, 0.05) is 39.2 Å². The zero-order valence-corrected chi connectivity index (χ0v) is 15.5. The van der Waals surface area contributed by atoms with Gasteiger partial charge in [-0.15, -0.1) is 10.2 Å². The van der Waals surface area contributed by atoms with E-state index in [1.54, 1.807) is 12.1 Å². The number of halogens is 1. The van der Waals surface area contributed by atoms with Crippen molar-refractivity contribution in [2.75, 3.05) is 18.5 Å². The molecule has 0 radical (unpaired) electrons. The lowest BCUT2D eigenvalue weighted by Gasteiger charge is -2.31. The Bertz CT molecular complexity index is 994. The average Bonchev–Trinajstić information content (AvgIpc) is 2.89. The number of aromatic hydroxyl groups is 1. The molecule has 2 bridgehead atoms. The first kappa shape index (κ1) is 16.8. The van der Waals surface area contributed by atoms with Crippen molar-refractivity contribution in [2.45, 2.75) is 18.9 Å². The Balaban J connectivity index is 1.58. The van der Waals surface area contributed by atoms with Gasteiger partial charge in [0.2, 0.25) is 0 Å². The highest BCUT2D eigenvalue weighted by Crippen LogP contribution is 2.40. The summed E-state index contributed by atoms with van der Waals surface area (Å²) in [5.41, 5.74) is 1.28. The number of aromatic nitrogens is 2. The summed E-state index contributed by atoms with van der Waals surface area (Å²) in [5.74, 6) is 1.96. The normalized spacial score (nSPS) is 24.3. The van der Waals surface area contributed by atoms with Gasteiger partial charge in [-0.05, 0) is 31.0 Å². The van der Waals surface area contributed by atoms with Gasteiger partial charge in [-0.25, -0.2) is 0 Å². The Morgan fingerprint density at radius 1 is 1.00 bits per heavy atom. The minimum Gasteiger partial charge on any atom is -0.507 e. The highest BCUT2D eigenvalue weighted by atomic mass is 35.5. The molecule has 1 aromatic heterocycles. The number of hydrogen-bond donors (Lipinski definition) is 2. The monoisotopic (exact) mass is 381 g/mol. The fourth-order valence-electron chi connectivity index (χ4n) is 4.42. The molecule has 138 valence electrons. The molecule has 1 saturated carbocycles. The van der Waals surface area contributed by atoms with Crippen molar-refractivity contribution in [2.24, 2.45) is 11.8 Å². The van der Waals surface area contributed by atoms with E-state index in [4.69, 9.17) is 16.3 Å². The van der Waals surface area contributed by atoms with Crippen molar-refractivity contribution >= 4 is 28.2 Å². The molecule has 1 aliphatic carbocycles. The number of fused-ring (bicyclic) bond motifs is 3. The lowest BCUT2D eigenvalue weighted by Crippen LogP contribution is -2.39. The van der Waals surface area contributed by atoms with Crippen LogP contribution in [0.15, 0.2) is 42.5 Å². The summed E-state index contributed by atoms with van der Waals surface area (Å²) in [6, 6.07) is 13.5. The lowest BCUT2D eigenvalue weighted by molar-refractivity contribution is 0.0392. The van der Waals surface area contributed by atoms with Crippen LogP contribution in [0.2, 0.25) is 5.02 Å². The fourth-order valence-corrected chi connectivity index (χ4v) is 4.59. The van der Waals surface area contributed by atoms with Crippen LogP contribution in [-0.4, -0.2) is 34.6 Å². The second kappa shape index (κ2) is 6.66. The van der Waals surface area contributed by atoms with Crippen LogP contribution in [0.3, 0.4) is 0 Å². The summed E-state index contributed by atoms with van der Waals surface area (Å²) in [6.45, 7) is 1.63. The molecule has 5 nitrogen and oxygen atoms in total. The molecule has 2 aromatic carbocycles. The number of rotatable bonds is 3. The molecule has 1 saturated heterocycles. The quantitative estimate of drug-likeness (QED) is 0.699. The van der Waals surface area contributed by atoms with E-state index >= 15 is 0 Å². The van der Waals surface area contributed by atoms with E-state index in [0.29, 0.717) is 34.2 Å². The van der Waals surface area contributed by atoms with Crippen molar-refractivity contribution < 1.29 is 9.84 Å². The molecule has 6 heteroatoms. The van der Waals surface area contributed by atoms with Crippen LogP contribution in [0.25, 0.3) is 22.0 Å². The van der Waals surface area contributed by atoms with E-state index in [-0.39, 0.29) is 5.75 Å². The van der Waals surface area contributed by atoms with Crippen LogP contribution < -0.4 is 5.32 Å². The number of nitrogens with zero attached hydrogens (tertiary/aromatic N) is 2. The minimum atomic E-state index is 0.102. The fraction of sp³-hybridized carbons (Fsp3) is 0.333. The molecule has 2 fully saturated rings. The van der Waals surface area contributed by atoms with Gasteiger partial charge in [0.1, 0.15) is 11.4 Å². The Hall–Kier alpha value is -2.37. The third-order valence-corrected chi connectivity index (χ3v) is 6.03. The smallest absolute Gasteiger partial charge is 0.156 e. The Labute approximate surface area is 162 Å². The summed E-state index contributed by atoms with van der Waals surface area (Å²) in [7, 11) is 0. The van der Waals surface area contributed by atoms with Crippen molar-refractivity contribution in [3.8, 4) is 17.0 Å². The summed E-state index contributed by atoms with van der Waals surface area (Å²) >= 11 is 5.97. The summed E-state index contributed by atoms with van der Waals surface area (Å²) in [4.78, 5) is 0. The molecule has 27 heavy (non-hydrogen) atoms. The maximum Gasteiger partial charge on any atom is 0.156 e. The molecule has 5 rings (SSSR count). The van der Waals surface area contributed by atoms with E-state index in [2.05, 4.69) is 15.5 Å². The molecular weight excluding hydrogens is 362 g/mol. The predicted octanol–water partition coefficient (Wildman–Crippen LogP) is 4.49. The largest absolute Gasteiger partial charge is 0.507 e. The SMILES string of the molecule is Oc1cc(Cl)ccc1-c1nnc(NC2C3CCC2COC3)c2ccccc12. The summed E-state index contributed by atoms with van der Waals surface area (Å²) in [6.07, 6.45) is 2.40. The number of anilines is 1. The molecule has 2 N–H and O–H groups in total. The summed E-state index contributed by atoms with van der Waals surface area (Å²) in [5, 5.41) is 25.4. The highest BCUT2D eigenvalue weighted by molar-refractivity contribution is 6.30. The predicted molar refractivity (Wildman–Crippen MR) is 106 cm³/mol. The second-order valence-corrected chi connectivity index (χ2v) is 7.85. The van der Waals surface area contributed by atoms with Gasteiger partial charge in [0.25, 0.3) is 0 Å². The maximum absolute atomic E-state index is 10.3. The van der Waals surface area contributed by atoms with Gasteiger partial charge in [-0.2, -0.15) is 0 Å². The van der Waals surface area contributed by atoms with E-state index in [0.717, 1.165) is 29.8 Å². The standard InChI is InChI=1S/C21H20ClN3O2/c22-14-7-8-17(18(26)9-14)20-15-3-1-2-4-16(15)21(25-24-20)23-19-12-5-6-13(19)11-27-10-12/h1-4,7-9,12-13,19,26H,5-6,10-11H2,(H,23,25). The first-order chi connectivity index (χ1) is 13.2. The second-order valence-electron chi connectivity index (χ2n) is 7.41. The number of phenols is 1. The number of phenolic OH excluding ortho intramolecular Hbond substituents is 1. The summed E-state index contributed by atoms with van der Waals surface area (Å²) < 4.78 is 5.70. The van der Waals surface area contributed by atoms with Gasteiger partial charge in [0.15, 0.2) is 5.82 Å². The zero-order valence-electron chi connectivity index (χ0n) is 14.7. The van der Waals surface area contributed by atoms with Crippen molar-refractivity contribution in [3.63, 3.8) is 0 Å². The molecule has 0 spiro atoms. The third-order valence-electron chi connectivity index (χ3n) is 5.79. The van der Waals surface area contributed by atoms with Crippen molar-refractivity contribution in [1.29, 1.82) is 0 Å². The highest BCUT2D eigenvalue weighted by Gasteiger charge is 2.40. The Kier molecular flexibility index (Phi) is 4.14. The molecule has 0 amide bonds. The van der Waals surface area contributed by atoms with Crippen LogP contribution in [0.1, 0.15) is 12.8 Å². The average molecular weight is 382 g/mol. The van der Waals surface area contributed by atoms with E-state index in [1.165, 1.54) is 18.9 Å². The topological polar surface area (TPSA) is 67.3 Å². The molecular formula is C21H20ClN3O2. The molecule has 2 unspecified atom stereocenters. The van der Waals surface area contributed by atoms with Crippen LogP contribution in [0.4, 0.5) is 5.82 Å². The molecule has 3 aromatic rings.